The van der Waals surface area contributed by atoms with Crippen molar-refractivity contribution in [2.24, 2.45) is 0 Å². The van der Waals surface area contributed by atoms with Crippen molar-refractivity contribution in [1.29, 1.82) is 0 Å². The molecular formula is C24H30BrNO4. The van der Waals surface area contributed by atoms with Gasteiger partial charge in [0.2, 0.25) is 5.91 Å². The molecule has 0 aliphatic carbocycles. The Balaban J connectivity index is 1.68. The molecule has 0 unspecified atom stereocenters. The van der Waals surface area contributed by atoms with Gasteiger partial charge in [0.05, 0.1) is 23.2 Å². The summed E-state index contributed by atoms with van der Waals surface area (Å²) in [6.45, 7) is 5.06. The van der Waals surface area contributed by atoms with Gasteiger partial charge in [-0.25, -0.2) is 4.79 Å². The van der Waals surface area contributed by atoms with Crippen LogP contribution in [0.2, 0.25) is 0 Å². The highest BCUT2D eigenvalue weighted by Crippen LogP contribution is 2.25. The molecule has 0 saturated heterocycles. The molecule has 0 atom stereocenters. The molecule has 30 heavy (non-hydrogen) atoms. The average Bonchev–Trinajstić information content (AvgIpc) is 2.72. The first-order chi connectivity index (χ1) is 14.5. The largest absolute Gasteiger partial charge is 0.492 e. The van der Waals surface area contributed by atoms with Gasteiger partial charge in [-0.2, -0.15) is 0 Å². The number of esters is 1. The number of nitrogens with one attached hydrogen (secondary N) is 1. The highest BCUT2D eigenvalue weighted by atomic mass is 79.9. The van der Waals surface area contributed by atoms with Crippen molar-refractivity contribution in [3.63, 3.8) is 0 Å². The maximum absolute atomic E-state index is 12.1. The number of anilines is 1. The van der Waals surface area contributed by atoms with Crippen LogP contribution in [0, 0.1) is 6.92 Å². The third-order valence-electron chi connectivity index (χ3n) is 4.53. The van der Waals surface area contributed by atoms with Crippen molar-refractivity contribution in [3.8, 4) is 5.75 Å². The van der Waals surface area contributed by atoms with Crippen molar-refractivity contribution in [2.45, 2.75) is 52.4 Å². The maximum Gasteiger partial charge on any atom is 0.338 e. The molecule has 2 aromatic carbocycles. The van der Waals surface area contributed by atoms with Gasteiger partial charge in [0, 0.05) is 12.1 Å². The number of carbonyl (C=O) groups is 2. The monoisotopic (exact) mass is 475 g/mol. The minimum Gasteiger partial charge on any atom is -0.492 e. The first-order valence-electron chi connectivity index (χ1n) is 10.5. The summed E-state index contributed by atoms with van der Waals surface area (Å²) < 4.78 is 11.9. The van der Waals surface area contributed by atoms with Crippen molar-refractivity contribution < 1.29 is 19.1 Å². The van der Waals surface area contributed by atoms with Crippen LogP contribution in [0.4, 0.5) is 5.69 Å². The molecule has 0 heterocycles. The fourth-order valence-electron chi connectivity index (χ4n) is 2.83. The fourth-order valence-corrected chi connectivity index (χ4v) is 3.44. The lowest BCUT2D eigenvalue weighted by atomic mass is 10.2. The van der Waals surface area contributed by atoms with Crippen LogP contribution < -0.4 is 10.1 Å². The summed E-state index contributed by atoms with van der Waals surface area (Å²) in [7, 11) is 0. The highest BCUT2D eigenvalue weighted by molar-refractivity contribution is 9.10. The van der Waals surface area contributed by atoms with Gasteiger partial charge in [-0.05, 0) is 77.7 Å². The Morgan fingerprint density at radius 3 is 2.43 bits per heavy atom. The Kier molecular flexibility index (Phi) is 10.4. The van der Waals surface area contributed by atoms with Crippen LogP contribution in [-0.4, -0.2) is 25.1 Å². The van der Waals surface area contributed by atoms with Gasteiger partial charge in [-0.3, -0.25) is 4.79 Å². The van der Waals surface area contributed by atoms with E-state index >= 15 is 0 Å². The van der Waals surface area contributed by atoms with E-state index in [4.69, 9.17) is 9.47 Å². The van der Waals surface area contributed by atoms with Gasteiger partial charge in [-0.1, -0.05) is 32.3 Å². The number of hydrogen-bond acceptors (Lipinski definition) is 4. The van der Waals surface area contributed by atoms with E-state index < -0.39 is 0 Å². The second-order valence-corrected chi connectivity index (χ2v) is 8.06. The first-order valence-corrected chi connectivity index (χ1v) is 11.2. The predicted octanol–water partition coefficient (Wildman–Crippen LogP) is 6.29. The molecule has 162 valence electrons. The number of benzene rings is 2. The van der Waals surface area contributed by atoms with Crippen molar-refractivity contribution in [2.75, 3.05) is 18.5 Å². The molecule has 2 rings (SSSR count). The number of hydrogen-bond donors (Lipinski definition) is 1. The van der Waals surface area contributed by atoms with Crippen LogP contribution >= 0.6 is 15.9 Å². The molecule has 0 bridgehead atoms. The lowest BCUT2D eigenvalue weighted by molar-refractivity contribution is -0.116. The minimum absolute atomic E-state index is 0.0900. The Labute approximate surface area is 187 Å². The van der Waals surface area contributed by atoms with Crippen LogP contribution in [0.5, 0.6) is 5.75 Å². The average molecular weight is 476 g/mol. The summed E-state index contributed by atoms with van der Waals surface area (Å²) in [5, 5.41) is 2.84. The number of aryl methyl sites for hydroxylation is 1. The van der Waals surface area contributed by atoms with Gasteiger partial charge in [0.1, 0.15) is 5.75 Å². The molecule has 2 aromatic rings. The molecule has 0 aliphatic rings. The lowest BCUT2D eigenvalue weighted by Crippen LogP contribution is -2.13. The zero-order chi connectivity index (χ0) is 21.8. The van der Waals surface area contributed by atoms with Crippen molar-refractivity contribution in [1.82, 2.24) is 0 Å². The number of ether oxygens (including phenoxy) is 2. The zero-order valence-electron chi connectivity index (χ0n) is 17.7. The Morgan fingerprint density at radius 1 is 0.967 bits per heavy atom. The topological polar surface area (TPSA) is 64.6 Å². The summed E-state index contributed by atoms with van der Waals surface area (Å²) in [4.78, 5) is 24.1. The van der Waals surface area contributed by atoms with Crippen LogP contribution in [0.15, 0.2) is 46.9 Å². The maximum atomic E-state index is 12.1. The van der Waals surface area contributed by atoms with Crippen molar-refractivity contribution >= 4 is 33.5 Å². The molecule has 0 aliphatic heterocycles. The van der Waals surface area contributed by atoms with E-state index in [9.17, 15) is 9.59 Å². The highest BCUT2D eigenvalue weighted by Gasteiger charge is 2.08. The SMILES string of the molecule is CCCCCCOC(=O)c1ccc(NC(=O)CCCOc2ccc(C)cc2Br)cc1. The van der Waals surface area contributed by atoms with Crippen LogP contribution in [0.25, 0.3) is 0 Å². The molecule has 0 fully saturated rings. The number of rotatable bonds is 12. The number of carbonyl (C=O) groups excluding carboxylic acids is 2. The van der Waals surface area contributed by atoms with E-state index in [-0.39, 0.29) is 11.9 Å². The van der Waals surface area contributed by atoms with Gasteiger partial charge < -0.3 is 14.8 Å². The van der Waals surface area contributed by atoms with Gasteiger partial charge in [0.15, 0.2) is 0 Å². The van der Waals surface area contributed by atoms with E-state index in [1.165, 1.54) is 0 Å². The summed E-state index contributed by atoms with van der Waals surface area (Å²) in [5.74, 6) is 0.352. The molecule has 1 amide bonds. The quantitative estimate of drug-likeness (QED) is 0.289. The normalized spacial score (nSPS) is 10.5. The third-order valence-corrected chi connectivity index (χ3v) is 5.15. The van der Waals surface area contributed by atoms with E-state index in [0.29, 0.717) is 37.3 Å². The molecule has 0 radical (unpaired) electrons. The van der Waals surface area contributed by atoms with Crippen LogP contribution in [0.3, 0.4) is 0 Å². The predicted molar refractivity (Wildman–Crippen MR) is 123 cm³/mol. The number of unbranched alkanes of at least 4 members (excludes halogenated alkanes) is 3. The number of halogens is 1. The molecule has 0 spiro atoms. The summed E-state index contributed by atoms with van der Waals surface area (Å²) >= 11 is 3.47. The molecule has 6 heteroatoms. The second-order valence-electron chi connectivity index (χ2n) is 7.21. The fraction of sp³-hybridized carbons (Fsp3) is 0.417. The summed E-state index contributed by atoms with van der Waals surface area (Å²) in [6.07, 6.45) is 5.22. The first kappa shape index (κ1) is 23.9. The van der Waals surface area contributed by atoms with Gasteiger partial charge >= 0.3 is 5.97 Å². The van der Waals surface area contributed by atoms with E-state index in [1.807, 2.05) is 25.1 Å². The zero-order valence-corrected chi connectivity index (χ0v) is 19.3. The lowest BCUT2D eigenvalue weighted by Gasteiger charge is -2.09. The Bertz CT molecular complexity index is 820. The van der Waals surface area contributed by atoms with Crippen molar-refractivity contribution in [3.05, 3.63) is 58.1 Å². The third kappa shape index (κ3) is 8.57. The second kappa shape index (κ2) is 13.1. The van der Waals surface area contributed by atoms with E-state index in [1.54, 1.807) is 24.3 Å². The molecule has 0 saturated carbocycles. The van der Waals surface area contributed by atoms with Gasteiger partial charge in [0.25, 0.3) is 0 Å². The molecular weight excluding hydrogens is 446 g/mol. The number of amides is 1. The molecule has 5 nitrogen and oxygen atoms in total. The van der Waals surface area contributed by atoms with Crippen LogP contribution in [0.1, 0.15) is 61.4 Å². The smallest absolute Gasteiger partial charge is 0.338 e. The van der Waals surface area contributed by atoms with Crippen LogP contribution in [-0.2, 0) is 9.53 Å². The Morgan fingerprint density at radius 2 is 1.73 bits per heavy atom. The van der Waals surface area contributed by atoms with Gasteiger partial charge in [-0.15, -0.1) is 0 Å². The molecule has 1 N–H and O–H groups in total. The molecule has 0 aromatic heterocycles. The van der Waals surface area contributed by atoms with E-state index in [2.05, 4.69) is 28.2 Å². The van der Waals surface area contributed by atoms with E-state index in [0.717, 1.165) is 41.5 Å². The standard InChI is InChI=1S/C24H30BrNO4/c1-3-4-5-6-15-30-24(28)19-10-12-20(13-11-19)26-23(27)8-7-16-29-22-14-9-18(2)17-21(22)25/h9-14,17H,3-8,15-16H2,1-2H3,(H,26,27). The summed E-state index contributed by atoms with van der Waals surface area (Å²) in [5.41, 5.74) is 2.29. The summed E-state index contributed by atoms with van der Waals surface area (Å²) in [6, 6.07) is 12.7. The minimum atomic E-state index is -0.330. The Hall–Kier alpha value is -2.34.